The van der Waals surface area contributed by atoms with Gasteiger partial charge in [-0.15, -0.1) is 0 Å². The SMILES string of the molecule is CCN(CC)[C@H](CNC(=O)NCc1ccc(OC)cc1)c1ccccc1. The maximum absolute atomic E-state index is 12.2. The first-order chi connectivity index (χ1) is 12.7. The van der Waals surface area contributed by atoms with Gasteiger partial charge in [-0.05, 0) is 36.3 Å². The Morgan fingerprint density at radius 1 is 1.00 bits per heavy atom. The number of benzene rings is 2. The maximum Gasteiger partial charge on any atom is 0.315 e. The minimum Gasteiger partial charge on any atom is -0.497 e. The molecule has 1 atom stereocenters. The lowest BCUT2D eigenvalue weighted by molar-refractivity contribution is 0.206. The van der Waals surface area contributed by atoms with Crippen molar-refractivity contribution in [2.45, 2.75) is 26.4 Å². The Kier molecular flexibility index (Phi) is 7.96. The predicted octanol–water partition coefficient (Wildman–Crippen LogP) is 3.58. The van der Waals surface area contributed by atoms with E-state index >= 15 is 0 Å². The average molecular weight is 355 g/mol. The number of carbonyl (C=O) groups is 1. The predicted molar refractivity (Wildman–Crippen MR) is 105 cm³/mol. The second-order valence-electron chi connectivity index (χ2n) is 6.06. The summed E-state index contributed by atoms with van der Waals surface area (Å²) in [5.41, 5.74) is 2.25. The molecular weight excluding hydrogens is 326 g/mol. The van der Waals surface area contributed by atoms with E-state index in [0.717, 1.165) is 24.4 Å². The Balaban J connectivity index is 1.89. The Labute approximate surface area is 156 Å². The van der Waals surface area contributed by atoms with Gasteiger partial charge in [-0.3, -0.25) is 4.90 Å². The van der Waals surface area contributed by atoms with Crippen LogP contribution in [0.2, 0.25) is 0 Å². The molecule has 0 saturated heterocycles. The Hall–Kier alpha value is -2.53. The van der Waals surface area contributed by atoms with Crippen LogP contribution in [0.1, 0.15) is 31.0 Å². The van der Waals surface area contributed by atoms with Crippen molar-refractivity contribution in [3.8, 4) is 5.75 Å². The molecule has 0 unspecified atom stereocenters. The largest absolute Gasteiger partial charge is 0.497 e. The average Bonchev–Trinajstić information content (AvgIpc) is 2.70. The molecule has 0 aromatic heterocycles. The highest BCUT2D eigenvalue weighted by atomic mass is 16.5. The van der Waals surface area contributed by atoms with Crippen molar-refractivity contribution >= 4 is 6.03 Å². The molecule has 2 amide bonds. The highest BCUT2D eigenvalue weighted by molar-refractivity contribution is 5.73. The van der Waals surface area contributed by atoms with E-state index in [1.54, 1.807) is 7.11 Å². The molecule has 140 valence electrons. The quantitative estimate of drug-likeness (QED) is 0.723. The number of methoxy groups -OCH3 is 1. The van der Waals surface area contributed by atoms with E-state index in [2.05, 4.69) is 41.5 Å². The van der Waals surface area contributed by atoms with E-state index in [4.69, 9.17) is 4.74 Å². The Bertz CT molecular complexity index is 655. The fourth-order valence-corrected chi connectivity index (χ4v) is 2.97. The zero-order chi connectivity index (χ0) is 18.8. The molecule has 0 fully saturated rings. The summed E-state index contributed by atoms with van der Waals surface area (Å²) in [5.74, 6) is 0.808. The van der Waals surface area contributed by atoms with Gasteiger partial charge >= 0.3 is 6.03 Å². The van der Waals surface area contributed by atoms with Crippen LogP contribution >= 0.6 is 0 Å². The van der Waals surface area contributed by atoms with Gasteiger partial charge in [0.05, 0.1) is 13.2 Å². The number of nitrogens with one attached hydrogen (secondary N) is 2. The maximum atomic E-state index is 12.2. The molecule has 5 heteroatoms. The van der Waals surface area contributed by atoms with Crippen LogP contribution in [0, 0.1) is 0 Å². The van der Waals surface area contributed by atoms with Crippen molar-refractivity contribution in [1.82, 2.24) is 15.5 Å². The van der Waals surface area contributed by atoms with Gasteiger partial charge in [0.25, 0.3) is 0 Å². The number of hydrogen-bond donors (Lipinski definition) is 2. The molecular formula is C21H29N3O2. The number of hydrogen-bond acceptors (Lipinski definition) is 3. The fourth-order valence-electron chi connectivity index (χ4n) is 2.97. The third kappa shape index (κ3) is 5.77. The first kappa shape index (κ1) is 19.8. The Morgan fingerprint density at radius 3 is 2.23 bits per heavy atom. The zero-order valence-corrected chi connectivity index (χ0v) is 15.9. The van der Waals surface area contributed by atoms with Gasteiger partial charge in [-0.2, -0.15) is 0 Å². The summed E-state index contributed by atoms with van der Waals surface area (Å²) in [4.78, 5) is 14.6. The van der Waals surface area contributed by atoms with Crippen LogP contribution in [0.3, 0.4) is 0 Å². The molecule has 26 heavy (non-hydrogen) atoms. The molecule has 0 saturated carbocycles. The van der Waals surface area contributed by atoms with Crippen LogP contribution in [0.4, 0.5) is 4.79 Å². The van der Waals surface area contributed by atoms with Crippen LogP contribution in [0.5, 0.6) is 5.75 Å². The van der Waals surface area contributed by atoms with Crippen LogP contribution < -0.4 is 15.4 Å². The number of nitrogens with zero attached hydrogens (tertiary/aromatic N) is 1. The number of carbonyl (C=O) groups excluding carboxylic acids is 1. The minimum absolute atomic E-state index is 0.158. The lowest BCUT2D eigenvalue weighted by atomic mass is 10.1. The molecule has 0 heterocycles. The molecule has 5 nitrogen and oxygen atoms in total. The standard InChI is InChI=1S/C21H29N3O2/c1-4-24(5-2)20(18-9-7-6-8-10-18)16-23-21(25)22-15-17-11-13-19(26-3)14-12-17/h6-14,20H,4-5,15-16H2,1-3H3,(H2,22,23,25)/t20-/m1/s1. The van der Waals surface area contributed by atoms with Crippen molar-refractivity contribution in [2.24, 2.45) is 0 Å². The normalized spacial score (nSPS) is 11.8. The molecule has 0 spiro atoms. The highest BCUT2D eigenvalue weighted by Crippen LogP contribution is 2.19. The van der Waals surface area contributed by atoms with Crippen molar-refractivity contribution in [2.75, 3.05) is 26.7 Å². The smallest absolute Gasteiger partial charge is 0.315 e. The highest BCUT2D eigenvalue weighted by Gasteiger charge is 2.18. The van der Waals surface area contributed by atoms with Crippen LogP contribution in [-0.4, -0.2) is 37.7 Å². The van der Waals surface area contributed by atoms with E-state index in [1.807, 2.05) is 42.5 Å². The third-order valence-corrected chi connectivity index (χ3v) is 4.51. The van der Waals surface area contributed by atoms with Crippen molar-refractivity contribution in [1.29, 1.82) is 0 Å². The molecule has 0 radical (unpaired) electrons. The summed E-state index contributed by atoms with van der Waals surface area (Å²) in [7, 11) is 1.64. The van der Waals surface area contributed by atoms with Crippen molar-refractivity contribution < 1.29 is 9.53 Å². The molecule has 2 aromatic rings. The Morgan fingerprint density at radius 2 is 1.65 bits per heavy atom. The summed E-state index contributed by atoms with van der Waals surface area (Å²) in [6, 6.07) is 18.0. The summed E-state index contributed by atoms with van der Waals surface area (Å²) >= 11 is 0. The summed E-state index contributed by atoms with van der Waals surface area (Å²) in [6.45, 7) is 7.21. The van der Waals surface area contributed by atoms with E-state index < -0.39 is 0 Å². The second-order valence-corrected chi connectivity index (χ2v) is 6.06. The van der Waals surface area contributed by atoms with Gasteiger partial charge in [0.2, 0.25) is 0 Å². The zero-order valence-electron chi connectivity index (χ0n) is 15.9. The molecule has 0 aliphatic rings. The molecule has 0 aliphatic heterocycles. The van der Waals surface area contributed by atoms with E-state index in [1.165, 1.54) is 5.56 Å². The second kappa shape index (κ2) is 10.5. The van der Waals surface area contributed by atoms with E-state index in [0.29, 0.717) is 13.1 Å². The minimum atomic E-state index is -0.158. The summed E-state index contributed by atoms with van der Waals surface area (Å²) in [5, 5.41) is 5.92. The van der Waals surface area contributed by atoms with Gasteiger partial charge in [-0.25, -0.2) is 4.79 Å². The lowest BCUT2D eigenvalue weighted by Gasteiger charge is -2.30. The number of rotatable bonds is 9. The topological polar surface area (TPSA) is 53.6 Å². The molecule has 0 aliphatic carbocycles. The van der Waals surface area contributed by atoms with Crippen LogP contribution in [0.25, 0.3) is 0 Å². The van der Waals surface area contributed by atoms with E-state index in [9.17, 15) is 4.79 Å². The van der Waals surface area contributed by atoms with Gasteiger partial charge in [0.15, 0.2) is 0 Å². The summed E-state index contributed by atoms with van der Waals surface area (Å²) in [6.07, 6.45) is 0. The number of urea groups is 1. The monoisotopic (exact) mass is 355 g/mol. The van der Waals surface area contributed by atoms with Gasteiger partial charge < -0.3 is 15.4 Å². The van der Waals surface area contributed by atoms with Crippen LogP contribution in [-0.2, 0) is 6.54 Å². The van der Waals surface area contributed by atoms with Gasteiger partial charge in [0.1, 0.15) is 5.75 Å². The van der Waals surface area contributed by atoms with E-state index in [-0.39, 0.29) is 12.1 Å². The third-order valence-electron chi connectivity index (χ3n) is 4.51. The van der Waals surface area contributed by atoms with Crippen LogP contribution in [0.15, 0.2) is 54.6 Å². The number of ether oxygens (including phenoxy) is 1. The fraction of sp³-hybridized carbons (Fsp3) is 0.381. The van der Waals surface area contributed by atoms with Crippen molar-refractivity contribution in [3.05, 3.63) is 65.7 Å². The molecule has 0 bridgehead atoms. The molecule has 2 N–H and O–H groups in total. The summed E-state index contributed by atoms with van der Waals surface area (Å²) < 4.78 is 5.14. The van der Waals surface area contributed by atoms with Gasteiger partial charge in [-0.1, -0.05) is 56.3 Å². The number of likely N-dealkylation sites (N-methyl/N-ethyl adjacent to an activating group) is 1. The van der Waals surface area contributed by atoms with Crippen molar-refractivity contribution in [3.63, 3.8) is 0 Å². The lowest BCUT2D eigenvalue weighted by Crippen LogP contribution is -2.42. The molecule has 2 aromatic carbocycles. The van der Waals surface area contributed by atoms with Gasteiger partial charge in [0, 0.05) is 13.1 Å². The number of amides is 2. The molecule has 2 rings (SSSR count). The first-order valence-electron chi connectivity index (χ1n) is 9.11. The first-order valence-corrected chi connectivity index (χ1v) is 9.11.